The van der Waals surface area contributed by atoms with Crippen LogP contribution in [0.25, 0.3) is 21.3 Å². The molecule has 0 aliphatic carbocycles. The minimum atomic E-state index is 0.702. The first-order chi connectivity index (χ1) is 8.33. The maximum Gasteiger partial charge on any atom is 0.136 e. The van der Waals surface area contributed by atoms with Crippen molar-refractivity contribution in [3.8, 4) is 0 Å². The molecule has 0 atom stereocenters. The molecule has 0 amide bonds. The van der Waals surface area contributed by atoms with Crippen molar-refractivity contribution >= 4 is 55.6 Å². The third-order valence-electron chi connectivity index (χ3n) is 2.31. The molecule has 0 bridgehead atoms. The first kappa shape index (κ1) is 11.0. The fourth-order valence-electron chi connectivity index (χ4n) is 1.53. The van der Waals surface area contributed by atoms with Crippen molar-refractivity contribution < 1.29 is 0 Å². The van der Waals surface area contributed by atoms with Crippen LogP contribution >= 0.6 is 34.3 Å². The standard InChI is InChI=1S/C13H8ClNS2/c14-10(8-9-4-3-7-16-9)13-15-11-5-1-2-6-12(11)17-13/h1-8H/b10-8-. The highest BCUT2D eigenvalue weighted by Crippen LogP contribution is 2.31. The summed E-state index contributed by atoms with van der Waals surface area (Å²) in [6, 6.07) is 12.1. The molecule has 0 N–H and O–H groups in total. The second-order valence-electron chi connectivity index (χ2n) is 3.49. The molecule has 1 aromatic carbocycles. The van der Waals surface area contributed by atoms with Crippen molar-refractivity contribution in [2.75, 3.05) is 0 Å². The van der Waals surface area contributed by atoms with Crippen LogP contribution in [-0.4, -0.2) is 4.98 Å². The molecular weight excluding hydrogens is 270 g/mol. The van der Waals surface area contributed by atoms with Gasteiger partial charge in [0.1, 0.15) is 5.01 Å². The monoisotopic (exact) mass is 277 g/mol. The molecule has 3 aromatic rings. The second-order valence-corrected chi connectivity index (χ2v) is 5.91. The molecule has 0 fully saturated rings. The lowest BCUT2D eigenvalue weighted by Crippen LogP contribution is -1.73. The molecule has 0 radical (unpaired) electrons. The van der Waals surface area contributed by atoms with Crippen molar-refractivity contribution in [1.29, 1.82) is 0 Å². The Hall–Kier alpha value is -1.16. The van der Waals surface area contributed by atoms with Gasteiger partial charge in [0.05, 0.1) is 15.2 Å². The highest BCUT2D eigenvalue weighted by Gasteiger charge is 2.06. The zero-order valence-electron chi connectivity index (χ0n) is 8.76. The lowest BCUT2D eigenvalue weighted by atomic mass is 10.3. The van der Waals surface area contributed by atoms with Gasteiger partial charge in [-0.3, -0.25) is 0 Å². The largest absolute Gasteiger partial charge is 0.235 e. The summed E-state index contributed by atoms with van der Waals surface area (Å²) < 4.78 is 1.17. The Kier molecular flexibility index (Phi) is 2.97. The van der Waals surface area contributed by atoms with Crippen molar-refractivity contribution in [2.24, 2.45) is 0 Å². The van der Waals surface area contributed by atoms with Crippen LogP contribution in [0.1, 0.15) is 9.88 Å². The second kappa shape index (κ2) is 4.61. The molecule has 0 aliphatic heterocycles. The van der Waals surface area contributed by atoms with E-state index in [-0.39, 0.29) is 0 Å². The van der Waals surface area contributed by atoms with E-state index in [1.807, 2.05) is 41.8 Å². The quantitative estimate of drug-likeness (QED) is 0.635. The molecule has 4 heteroatoms. The smallest absolute Gasteiger partial charge is 0.136 e. The number of rotatable bonds is 2. The van der Waals surface area contributed by atoms with Gasteiger partial charge < -0.3 is 0 Å². The van der Waals surface area contributed by atoms with Crippen LogP contribution in [0.2, 0.25) is 0 Å². The number of fused-ring (bicyclic) bond motifs is 1. The molecule has 0 spiro atoms. The number of thiazole rings is 1. The zero-order chi connectivity index (χ0) is 11.7. The first-order valence-corrected chi connectivity index (χ1v) is 7.17. The molecule has 2 aromatic heterocycles. The molecule has 0 saturated carbocycles. The van der Waals surface area contributed by atoms with Crippen molar-refractivity contribution in [1.82, 2.24) is 4.98 Å². The maximum atomic E-state index is 6.28. The average molecular weight is 278 g/mol. The van der Waals surface area contributed by atoms with Gasteiger partial charge in [-0.1, -0.05) is 29.8 Å². The molecule has 2 heterocycles. The summed E-state index contributed by atoms with van der Waals surface area (Å²) in [7, 11) is 0. The molecular formula is C13H8ClNS2. The van der Waals surface area contributed by atoms with E-state index >= 15 is 0 Å². The highest BCUT2D eigenvalue weighted by molar-refractivity contribution is 7.20. The minimum Gasteiger partial charge on any atom is -0.235 e. The topological polar surface area (TPSA) is 12.9 Å². The summed E-state index contributed by atoms with van der Waals surface area (Å²) in [6.07, 6.45) is 1.96. The number of hydrogen-bond donors (Lipinski definition) is 0. The van der Waals surface area contributed by atoms with Crippen LogP contribution in [0.4, 0.5) is 0 Å². The third-order valence-corrected chi connectivity index (χ3v) is 4.60. The molecule has 0 unspecified atom stereocenters. The van der Waals surface area contributed by atoms with E-state index in [0.717, 1.165) is 15.4 Å². The number of hydrogen-bond acceptors (Lipinski definition) is 3. The first-order valence-electron chi connectivity index (χ1n) is 5.09. The Balaban J connectivity index is 2.03. The van der Waals surface area contributed by atoms with Gasteiger partial charge in [-0.2, -0.15) is 0 Å². The average Bonchev–Trinajstić information content (AvgIpc) is 2.96. The summed E-state index contributed by atoms with van der Waals surface area (Å²) in [6.45, 7) is 0. The van der Waals surface area contributed by atoms with E-state index in [9.17, 15) is 0 Å². The zero-order valence-corrected chi connectivity index (χ0v) is 11.1. The van der Waals surface area contributed by atoms with E-state index in [1.165, 1.54) is 4.70 Å². The normalized spacial score (nSPS) is 12.2. The summed E-state index contributed by atoms with van der Waals surface area (Å²) in [4.78, 5) is 5.66. The molecule has 3 rings (SSSR count). The van der Waals surface area contributed by atoms with Crippen molar-refractivity contribution in [3.05, 3.63) is 51.7 Å². The van der Waals surface area contributed by atoms with Gasteiger partial charge in [-0.25, -0.2) is 4.98 Å². The summed E-state index contributed by atoms with van der Waals surface area (Å²) in [5.41, 5.74) is 1.00. The number of aromatic nitrogens is 1. The summed E-state index contributed by atoms with van der Waals surface area (Å²) >= 11 is 9.57. The number of halogens is 1. The SMILES string of the molecule is Cl/C(=C\c1cccs1)c1nc2ccccc2s1. The van der Waals surface area contributed by atoms with E-state index in [4.69, 9.17) is 11.6 Å². The Morgan fingerprint density at radius 1 is 1.18 bits per heavy atom. The number of thiophene rings is 1. The van der Waals surface area contributed by atoms with Crippen LogP contribution in [-0.2, 0) is 0 Å². The van der Waals surface area contributed by atoms with E-state index in [1.54, 1.807) is 22.7 Å². The maximum absolute atomic E-state index is 6.28. The van der Waals surface area contributed by atoms with Gasteiger partial charge in [0, 0.05) is 4.88 Å². The minimum absolute atomic E-state index is 0.702. The summed E-state index contributed by atoms with van der Waals surface area (Å²) in [5.74, 6) is 0. The predicted octanol–water partition coefficient (Wildman–Crippen LogP) is 5.09. The highest BCUT2D eigenvalue weighted by atomic mass is 35.5. The Labute approximate surface area is 112 Å². The van der Waals surface area contributed by atoms with Gasteiger partial charge >= 0.3 is 0 Å². The number of para-hydroxylation sites is 1. The Morgan fingerprint density at radius 3 is 2.82 bits per heavy atom. The fourth-order valence-corrected chi connectivity index (χ4v) is 3.41. The van der Waals surface area contributed by atoms with Crippen LogP contribution in [0, 0.1) is 0 Å². The van der Waals surface area contributed by atoms with Gasteiger partial charge in [0.15, 0.2) is 0 Å². The van der Waals surface area contributed by atoms with E-state index in [2.05, 4.69) is 11.1 Å². The Bertz CT molecular complexity index is 635. The molecule has 17 heavy (non-hydrogen) atoms. The van der Waals surface area contributed by atoms with E-state index < -0.39 is 0 Å². The number of benzene rings is 1. The third kappa shape index (κ3) is 2.27. The molecule has 1 nitrogen and oxygen atoms in total. The van der Waals surface area contributed by atoms with Gasteiger partial charge in [0.2, 0.25) is 0 Å². The van der Waals surface area contributed by atoms with Crippen LogP contribution in [0.15, 0.2) is 41.8 Å². The number of nitrogens with zero attached hydrogens (tertiary/aromatic N) is 1. The van der Waals surface area contributed by atoms with Crippen molar-refractivity contribution in [2.45, 2.75) is 0 Å². The Morgan fingerprint density at radius 2 is 2.06 bits per heavy atom. The lowest BCUT2D eigenvalue weighted by Gasteiger charge is -1.90. The van der Waals surface area contributed by atoms with Gasteiger partial charge in [-0.15, -0.1) is 22.7 Å². The van der Waals surface area contributed by atoms with Crippen LogP contribution < -0.4 is 0 Å². The van der Waals surface area contributed by atoms with Crippen LogP contribution in [0.5, 0.6) is 0 Å². The summed E-state index contributed by atoms with van der Waals surface area (Å²) in [5, 5.41) is 3.61. The fraction of sp³-hybridized carbons (Fsp3) is 0. The molecule has 0 saturated heterocycles. The molecule has 0 aliphatic rings. The van der Waals surface area contributed by atoms with Crippen LogP contribution in [0.3, 0.4) is 0 Å². The van der Waals surface area contributed by atoms with Gasteiger partial charge in [0.25, 0.3) is 0 Å². The lowest BCUT2D eigenvalue weighted by molar-refractivity contribution is 1.46. The van der Waals surface area contributed by atoms with Gasteiger partial charge in [-0.05, 0) is 29.7 Å². The molecule has 84 valence electrons. The predicted molar refractivity (Wildman–Crippen MR) is 77.7 cm³/mol. The van der Waals surface area contributed by atoms with E-state index in [0.29, 0.717) is 5.03 Å². The van der Waals surface area contributed by atoms with Crippen molar-refractivity contribution in [3.63, 3.8) is 0 Å².